The highest BCUT2D eigenvalue weighted by atomic mass is 16.5. The van der Waals surface area contributed by atoms with Crippen molar-refractivity contribution in [1.29, 1.82) is 0 Å². The molecule has 1 N–H and O–H groups in total. The number of nitrogens with zero attached hydrogens (tertiary/aromatic N) is 1. The van der Waals surface area contributed by atoms with Crippen LogP contribution >= 0.6 is 0 Å². The number of rotatable bonds is 10. The smallest absolute Gasteiger partial charge is 0.335 e. The van der Waals surface area contributed by atoms with Gasteiger partial charge in [0, 0.05) is 18.7 Å². The first-order valence-corrected chi connectivity index (χ1v) is 9.60. The zero-order chi connectivity index (χ0) is 20.6. The van der Waals surface area contributed by atoms with Crippen LogP contribution in [0.3, 0.4) is 0 Å². The summed E-state index contributed by atoms with van der Waals surface area (Å²) in [5, 5.41) is 0. The van der Waals surface area contributed by atoms with Crippen LogP contribution in [-0.2, 0) is 9.53 Å². The normalized spacial score (nSPS) is 13.6. The Morgan fingerprint density at radius 1 is 1.15 bits per heavy atom. The van der Waals surface area contributed by atoms with E-state index in [2.05, 4.69) is 18.8 Å². The summed E-state index contributed by atoms with van der Waals surface area (Å²) in [6.07, 6.45) is 3.91. The highest BCUT2D eigenvalue weighted by Crippen LogP contribution is 2.35. The first kappa shape index (κ1) is 22.9. The number of aromatic nitrogens is 2. The van der Waals surface area contributed by atoms with Crippen LogP contribution in [0.5, 0.6) is 0 Å². The molecule has 0 aliphatic rings. The van der Waals surface area contributed by atoms with Gasteiger partial charge in [0.2, 0.25) is 5.91 Å². The number of hydrogen-bond donors (Lipinski definition) is 1. The maximum Gasteiger partial charge on any atom is 0.335 e. The molecule has 1 rings (SSSR count). The van der Waals surface area contributed by atoms with E-state index in [1.54, 1.807) is 0 Å². The molecule has 0 aliphatic heterocycles. The van der Waals surface area contributed by atoms with Gasteiger partial charge in [-0.25, -0.2) is 4.79 Å². The summed E-state index contributed by atoms with van der Waals surface area (Å²) in [7, 11) is 0. The zero-order valence-corrected chi connectivity index (χ0v) is 17.0. The third-order valence-corrected chi connectivity index (χ3v) is 4.95. The van der Waals surface area contributed by atoms with Gasteiger partial charge in [-0.2, -0.15) is 4.57 Å². The molecule has 0 radical (unpaired) electrons. The van der Waals surface area contributed by atoms with Crippen molar-refractivity contribution in [3.05, 3.63) is 33.1 Å². The Kier molecular flexibility index (Phi) is 8.66. The molecule has 27 heavy (non-hydrogen) atoms. The van der Waals surface area contributed by atoms with Crippen molar-refractivity contribution < 1.29 is 14.3 Å². The van der Waals surface area contributed by atoms with Crippen molar-refractivity contribution in [2.45, 2.75) is 66.7 Å². The second-order valence-corrected chi connectivity index (χ2v) is 7.97. The maximum absolute atomic E-state index is 12.5. The van der Waals surface area contributed by atoms with Crippen LogP contribution in [0.4, 0.5) is 0 Å². The Morgan fingerprint density at radius 3 is 2.37 bits per heavy atom. The van der Waals surface area contributed by atoms with Gasteiger partial charge in [-0.05, 0) is 44.4 Å². The van der Waals surface area contributed by atoms with Gasteiger partial charge >= 0.3 is 11.7 Å². The molecule has 1 aromatic heterocycles. The van der Waals surface area contributed by atoms with E-state index < -0.39 is 22.6 Å². The van der Waals surface area contributed by atoms with Crippen molar-refractivity contribution in [3.63, 3.8) is 0 Å². The number of aromatic amines is 1. The van der Waals surface area contributed by atoms with E-state index in [1.165, 1.54) is 6.20 Å². The highest BCUT2D eigenvalue weighted by molar-refractivity contribution is 5.78. The largest absolute Gasteiger partial charge is 0.465 e. The predicted molar refractivity (Wildman–Crippen MR) is 104 cm³/mol. The zero-order valence-electron chi connectivity index (χ0n) is 17.0. The number of carbonyl (C=O) groups is 2. The monoisotopic (exact) mass is 380 g/mol. The van der Waals surface area contributed by atoms with E-state index in [9.17, 15) is 19.2 Å². The van der Waals surface area contributed by atoms with Crippen LogP contribution in [0.15, 0.2) is 21.9 Å². The Labute approximate surface area is 160 Å². The van der Waals surface area contributed by atoms with Crippen LogP contribution in [-0.4, -0.2) is 28.0 Å². The molecule has 1 heterocycles. The van der Waals surface area contributed by atoms with Crippen molar-refractivity contribution in [2.75, 3.05) is 6.61 Å². The average Bonchev–Trinajstić information content (AvgIpc) is 2.56. The first-order valence-electron chi connectivity index (χ1n) is 9.60. The van der Waals surface area contributed by atoms with Gasteiger partial charge in [-0.3, -0.25) is 14.4 Å². The molecule has 1 unspecified atom stereocenters. The lowest BCUT2D eigenvalue weighted by atomic mass is 9.73. The fraction of sp³-hybridized carbons (Fsp3) is 0.700. The van der Waals surface area contributed by atoms with E-state index in [4.69, 9.17) is 4.74 Å². The molecule has 0 aromatic carbocycles. The van der Waals surface area contributed by atoms with Gasteiger partial charge < -0.3 is 9.72 Å². The van der Waals surface area contributed by atoms with Crippen LogP contribution in [0.2, 0.25) is 0 Å². The van der Waals surface area contributed by atoms with Gasteiger partial charge in [0.1, 0.15) is 0 Å². The fourth-order valence-electron chi connectivity index (χ4n) is 3.06. The van der Waals surface area contributed by atoms with Gasteiger partial charge in [0.15, 0.2) is 0 Å². The first-order chi connectivity index (χ1) is 12.6. The average molecular weight is 380 g/mol. The molecule has 1 aromatic rings. The minimum absolute atomic E-state index is 0.0952. The lowest BCUT2D eigenvalue weighted by Crippen LogP contribution is -2.38. The standard InChI is InChI=1S/C20H32N2O5/c1-14(2)13-20(5,15(3)4)18(25)27-12-8-6-7-9-16(23)22-17(24)10-11-21-19(22)26/h10-11,14-15H,6-9,12-13H2,1-5H3,(H,21,26). The van der Waals surface area contributed by atoms with E-state index >= 15 is 0 Å². The topological polar surface area (TPSA) is 98.2 Å². The molecule has 0 fully saturated rings. The summed E-state index contributed by atoms with van der Waals surface area (Å²) >= 11 is 0. The number of esters is 1. The van der Waals surface area contributed by atoms with Gasteiger partial charge in [-0.1, -0.05) is 27.7 Å². The third kappa shape index (κ3) is 6.48. The molecule has 0 aliphatic carbocycles. The van der Waals surface area contributed by atoms with Gasteiger partial charge in [0.25, 0.3) is 5.56 Å². The molecule has 0 spiro atoms. The maximum atomic E-state index is 12.5. The van der Waals surface area contributed by atoms with Crippen molar-refractivity contribution in [3.8, 4) is 0 Å². The van der Waals surface area contributed by atoms with E-state index in [-0.39, 0.29) is 18.3 Å². The number of nitrogens with one attached hydrogen (secondary N) is 1. The Balaban J connectivity index is 2.40. The number of H-pyrrole nitrogens is 1. The number of ether oxygens (including phenoxy) is 1. The van der Waals surface area contributed by atoms with E-state index in [0.717, 1.165) is 12.5 Å². The number of unbranched alkanes of at least 4 members (excludes halogenated alkanes) is 2. The van der Waals surface area contributed by atoms with Crippen LogP contribution in [0.1, 0.15) is 71.5 Å². The lowest BCUT2D eigenvalue weighted by molar-refractivity contribution is -0.159. The Hall–Kier alpha value is -2.18. The van der Waals surface area contributed by atoms with Gasteiger partial charge in [0.05, 0.1) is 12.0 Å². The molecule has 152 valence electrons. The molecule has 0 bridgehead atoms. The summed E-state index contributed by atoms with van der Waals surface area (Å²) in [5.74, 6) is -0.111. The summed E-state index contributed by atoms with van der Waals surface area (Å²) < 4.78 is 6.08. The molecule has 0 saturated carbocycles. The Bertz CT molecular complexity index is 719. The Morgan fingerprint density at radius 2 is 1.81 bits per heavy atom. The quantitative estimate of drug-likeness (QED) is 0.497. The molecule has 7 nitrogen and oxygen atoms in total. The molecule has 0 amide bonds. The molecular formula is C20H32N2O5. The molecule has 0 saturated heterocycles. The minimum atomic E-state index is -0.723. The number of hydrogen-bond acceptors (Lipinski definition) is 5. The van der Waals surface area contributed by atoms with Crippen molar-refractivity contribution in [2.24, 2.45) is 17.3 Å². The minimum Gasteiger partial charge on any atom is -0.465 e. The second kappa shape index (κ2) is 10.2. The number of carbonyl (C=O) groups excluding carboxylic acids is 2. The summed E-state index contributed by atoms with van der Waals surface area (Å²) in [6, 6.07) is 1.14. The molecular weight excluding hydrogens is 348 g/mol. The van der Waals surface area contributed by atoms with E-state index in [1.807, 2.05) is 20.8 Å². The highest BCUT2D eigenvalue weighted by Gasteiger charge is 2.38. The van der Waals surface area contributed by atoms with Crippen molar-refractivity contribution >= 4 is 11.9 Å². The molecule has 1 atom stereocenters. The van der Waals surface area contributed by atoms with Crippen molar-refractivity contribution in [1.82, 2.24) is 9.55 Å². The summed E-state index contributed by atoms with van der Waals surface area (Å²) in [4.78, 5) is 49.9. The fourth-order valence-corrected chi connectivity index (χ4v) is 3.06. The predicted octanol–water partition coefficient (Wildman–Crippen LogP) is 2.99. The van der Waals surface area contributed by atoms with E-state index in [0.29, 0.717) is 36.4 Å². The van der Waals surface area contributed by atoms with Crippen LogP contribution in [0, 0.1) is 17.3 Å². The summed E-state index contributed by atoms with van der Waals surface area (Å²) in [5.41, 5.74) is -1.85. The summed E-state index contributed by atoms with van der Waals surface area (Å²) in [6.45, 7) is 10.5. The second-order valence-electron chi connectivity index (χ2n) is 7.97. The third-order valence-electron chi connectivity index (χ3n) is 4.95. The lowest BCUT2D eigenvalue weighted by Gasteiger charge is -2.32. The van der Waals surface area contributed by atoms with Gasteiger partial charge in [-0.15, -0.1) is 0 Å². The van der Waals surface area contributed by atoms with Crippen LogP contribution < -0.4 is 11.2 Å². The SMILES string of the molecule is CC(C)CC(C)(C(=O)OCCCCCC(=O)n1c(=O)cc[nH]c1=O)C(C)C. The van der Waals surface area contributed by atoms with Crippen LogP contribution in [0.25, 0.3) is 0 Å². The molecule has 7 heteroatoms.